The van der Waals surface area contributed by atoms with Crippen LogP contribution in [0.1, 0.15) is 41.9 Å². The number of anilines is 1. The summed E-state index contributed by atoms with van der Waals surface area (Å²) >= 11 is 1.51. The monoisotopic (exact) mass is 288 g/mol. The molecule has 2 aromatic rings. The van der Waals surface area contributed by atoms with E-state index >= 15 is 0 Å². The number of amides is 1. The summed E-state index contributed by atoms with van der Waals surface area (Å²) in [6.45, 7) is 7.14. The summed E-state index contributed by atoms with van der Waals surface area (Å²) < 4.78 is 1.09. The Morgan fingerprint density at radius 1 is 1.40 bits per heavy atom. The Balaban J connectivity index is 2.06. The molecule has 20 heavy (non-hydrogen) atoms. The smallest absolute Gasteiger partial charge is 0.266 e. The van der Waals surface area contributed by atoms with Crippen molar-refractivity contribution in [3.05, 3.63) is 28.6 Å². The van der Waals surface area contributed by atoms with Crippen LogP contribution in [0.15, 0.2) is 18.2 Å². The second-order valence-electron chi connectivity index (χ2n) is 6.22. The summed E-state index contributed by atoms with van der Waals surface area (Å²) in [7, 11) is 0. The topological polar surface area (TPSA) is 46.3 Å². The van der Waals surface area contributed by atoms with Crippen LogP contribution in [0, 0.1) is 6.92 Å². The van der Waals surface area contributed by atoms with Gasteiger partial charge in [-0.25, -0.2) is 0 Å². The van der Waals surface area contributed by atoms with Gasteiger partial charge in [0.15, 0.2) is 0 Å². The van der Waals surface area contributed by atoms with E-state index in [4.69, 9.17) is 5.73 Å². The first-order valence-corrected chi connectivity index (χ1v) is 7.82. The summed E-state index contributed by atoms with van der Waals surface area (Å²) in [6.07, 6.45) is 2.13. The largest absolute Gasteiger partial charge is 0.397 e. The van der Waals surface area contributed by atoms with Gasteiger partial charge in [-0.05, 0) is 45.7 Å². The molecule has 3 rings (SSSR count). The molecule has 1 aliphatic rings. The molecule has 0 saturated carbocycles. The Kier molecular flexibility index (Phi) is 3.01. The first-order chi connectivity index (χ1) is 9.40. The summed E-state index contributed by atoms with van der Waals surface area (Å²) in [5, 5.41) is 1.01. The van der Waals surface area contributed by atoms with E-state index < -0.39 is 0 Å². The van der Waals surface area contributed by atoms with E-state index in [2.05, 4.69) is 32.0 Å². The fraction of sp³-hybridized carbons (Fsp3) is 0.438. The highest BCUT2D eigenvalue weighted by Crippen LogP contribution is 2.38. The Labute approximate surface area is 123 Å². The zero-order valence-electron chi connectivity index (χ0n) is 12.2. The molecule has 0 spiro atoms. The molecule has 4 heteroatoms. The van der Waals surface area contributed by atoms with Crippen LogP contribution in [0.5, 0.6) is 0 Å². The molecule has 0 atom stereocenters. The fourth-order valence-corrected chi connectivity index (χ4v) is 4.05. The van der Waals surface area contributed by atoms with E-state index in [0.717, 1.165) is 29.5 Å². The number of carbonyl (C=O) groups is 1. The standard InChI is InChI=1S/C16H20N2OS/c1-10-5-6-12-11(9-10)13(17)14(20-12)15(19)18-8-4-7-16(18,2)3/h5-6,9H,4,7-8,17H2,1-3H3. The van der Waals surface area contributed by atoms with Gasteiger partial charge in [0.2, 0.25) is 0 Å². The maximum Gasteiger partial charge on any atom is 0.266 e. The second-order valence-corrected chi connectivity index (χ2v) is 7.27. The minimum Gasteiger partial charge on any atom is -0.397 e. The number of hydrogen-bond donors (Lipinski definition) is 1. The summed E-state index contributed by atoms with van der Waals surface area (Å²) in [4.78, 5) is 15.5. The van der Waals surface area contributed by atoms with Crippen molar-refractivity contribution in [1.29, 1.82) is 0 Å². The molecular formula is C16H20N2OS. The number of thiophene rings is 1. The quantitative estimate of drug-likeness (QED) is 0.867. The number of benzene rings is 1. The number of nitrogen functional groups attached to an aromatic ring is 1. The Bertz CT molecular complexity index is 687. The molecule has 106 valence electrons. The number of rotatable bonds is 1. The van der Waals surface area contributed by atoms with Crippen LogP contribution in [-0.4, -0.2) is 22.9 Å². The van der Waals surface area contributed by atoms with Crippen molar-refractivity contribution in [1.82, 2.24) is 4.90 Å². The van der Waals surface area contributed by atoms with Crippen LogP contribution in [0.3, 0.4) is 0 Å². The number of carbonyl (C=O) groups excluding carboxylic acids is 1. The Hall–Kier alpha value is -1.55. The Morgan fingerprint density at radius 2 is 2.15 bits per heavy atom. The van der Waals surface area contributed by atoms with Gasteiger partial charge in [-0.3, -0.25) is 4.79 Å². The number of hydrogen-bond acceptors (Lipinski definition) is 3. The van der Waals surface area contributed by atoms with E-state index in [0.29, 0.717) is 10.6 Å². The van der Waals surface area contributed by atoms with Crippen LogP contribution in [-0.2, 0) is 0 Å². The third-order valence-electron chi connectivity index (χ3n) is 4.22. The maximum atomic E-state index is 12.8. The average molecular weight is 288 g/mol. The molecule has 0 unspecified atom stereocenters. The van der Waals surface area contributed by atoms with Gasteiger partial charge in [0, 0.05) is 22.2 Å². The van der Waals surface area contributed by atoms with Gasteiger partial charge in [-0.1, -0.05) is 11.6 Å². The van der Waals surface area contributed by atoms with Crippen LogP contribution in [0.2, 0.25) is 0 Å². The van der Waals surface area contributed by atoms with Gasteiger partial charge in [0.05, 0.1) is 5.69 Å². The first kappa shape index (κ1) is 13.4. The van der Waals surface area contributed by atoms with Crippen LogP contribution >= 0.6 is 11.3 Å². The molecule has 1 aromatic heterocycles. The summed E-state index contributed by atoms with van der Waals surface area (Å²) in [5.41, 5.74) is 7.98. The predicted octanol–water partition coefficient (Wildman–Crippen LogP) is 3.81. The third-order valence-corrected chi connectivity index (χ3v) is 5.40. The lowest BCUT2D eigenvalue weighted by atomic mass is 10.0. The zero-order valence-corrected chi connectivity index (χ0v) is 13.0. The molecule has 0 aliphatic carbocycles. The zero-order chi connectivity index (χ0) is 14.5. The van der Waals surface area contributed by atoms with Crippen molar-refractivity contribution < 1.29 is 4.79 Å². The van der Waals surface area contributed by atoms with E-state index in [1.165, 1.54) is 16.9 Å². The molecule has 2 N–H and O–H groups in total. The minimum absolute atomic E-state index is 0.0599. The predicted molar refractivity (Wildman–Crippen MR) is 85.3 cm³/mol. The molecule has 1 aromatic carbocycles. The van der Waals surface area contributed by atoms with Crippen molar-refractivity contribution in [2.75, 3.05) is 12.3 Å². The van der Waals surface area contributed by atoms with E-state index in [-0.39, 0.29) is 11.4 Å². The molecule has 1 fully saturated rings. The van der Waals surface area contributed by atoms with Crippen LogP contribution < -0.4 is 5.73 Å². The average Bonchev–Trinajstić information content (AvgIpc) is 2.90. The van der Waals surface area contributed by atoms with Gasteiger partial charge in [0.1, 0.15) is 4.88 Å². The number of nitrogens with zero attached hydrogens (tertiary/aromatic N) is 1. The molecule has 1 aliphatic heterocycles. The molecule has 1 amide bonds. The van der Waals surface area contributed by atoms with Crippen molar-refractivity contribution >= 4 is 33.0 Å². The number of nitrogens with two attached hydrogens (primary N) is 1. The minimum atomic E-state index is -0.0599. The molecular weight excluding hydrogens is 268 g/mol. The van der Waals surface area contributed by atoms with Crippen molar-refractivity contribution in [2.45, 2.75) is 39.2 Å². The lowest BCUT2D eigenvalue weighted by Crippen LogP contribution is -2.42. The van der Waals surface area contributed by atoms with E-state index in [1.807, 2.05) is 11.8 Å². The number of fused-ring (bicyclic) bond motifs is 1. The number of likely N-dealkylation sites (tertiary alicyclic amines) is 1. The van der Waals surface area contributed by atoms with Crippen LogP contribution in [0.4, 0.5) is 5.69 Å². The lowest BCUT2D eigenvalue weighted by molar-refractivity contribution is 0.0658. The normalized spacial score (nSPS) is 17.9. The van der Waals surface area contributed by atoms with Crippen LogP contribution in [0.25, 0.3) is 10.1 Å². The second kappa shape index (κ2) is 4.48. The Morgan fingerprint density at radius 3 is 2.80 bits per heavy atom. The SMILES string of the molecule is Cc1ccc2sc(C(=O)N3CCCC3(C)C)c(N)c2c1. The van der Waals surface area contributed by atoms with Gasteiger partial charge in [0.25, 0.3) is 5.91 Å². The van der Waals surface area contributed by atoms with E-state index in [9.17, 15) is 4.79 Å². The van der Waals surface area contributed by atoms with Crippen molar-refractivity contribution in [2.24, 2.45) is 0 Å². The maximum absolute atomic E-state index is 12.8. The first-order valence-electron chi connectivity index (χ1n) is 7.01. The van der Waals surface area contributed by atoms with Crippen molar-refractivity contribution in [3.8, 4) is 0 Å². The lowest BCUT2D eigenvalue weighted by Gasteiger charge is -2.31. The van der Waals surface area contributed by atoms with Gasteiger partial charge in [-0.15, -0.1) is 11.3 Å². The van der Waals surface area contributed by atoms with E-state index in [1.54, 1.807) is 0 Å². The van der Waals surface area contributed by atoms with Gasteiger partial charge in [-0.2, -0.15) is 0 Å². The molecule has 0 bridgehead atoms. The van der Waals surface area contributed by atoms with Crippen molar-refractivity contribution in [3.63, 3.8) is 0 Å². The molecule has 1 saturated heterocycles. The van der Waals surface area contributed by atoms with Gasteiger partial charge >= 0.3 is 0 Å². The third kappa shape index (κ3) is 1.99. The highest BCUT2D eigenvalue weighted by molar-refractivity contribution is 7.21. The molecule has 0 radical (unpaired) electrons. The highest BCUT2D eigenvalue weighted by Gasteiger charge is 2.37. The summed E-state index contributed by atoms with van der Waals surface area (Å²) in [6, 6.07) is 6.18. The van der Waals surface area contributed by atoms with Gasteiger partial charge < -0.3 is 10.6 Å². The molecule has 2 heterocycles. The summed E-state index contributed by atoms with van der Waals surface area (Å²) in [5.74, 6) is 0.0869. The fourth-order valence-electron chi connectivity index (χ4n) is 3.00. The highest BCUT2D eigenvalue weighted by atomic mass is 32.1. The molecule has 3 nitrogen and oxygen atoms in total. The number of aryl methyl sites for hydroxylation is 1.